The van der Waals surface area contributed by atoms with Gasteiger partial charge in [0.2, 0.25) is 5.91 Å². The lowest BCUT2D eigenvalue weighted by molar-refractivity contribution is -0.145. The lowest BCUT2D eigenvalue weighted by atomic mass is 9.84. The molecule has 1 aromatic heterocycles. The van der Waals surface area contributed by atoms with E-state index in [0.29, 0.717) is 30.0 Å². The van der Waals surface area contributed by atoms with Crippen LogP contribution in [0, 0.1) is 11.7 Å². The second-order valence-corrected chi connectivity index (χ2v) is 9.51. The zero-order chi connectivity index (χ0) is 22.8. The third-order valence-corrected chi connectivity index (χ3v) is 7.18. The van der Waals surface area contributed by atoms with Gasteiger partial charge in [0.25, 0.3) is 0 Å². The maximum atomic E-state index is 13.6. The van der Waals surface area contributed by atoms with Crippen LogP contribution in [0.15, 0.2) is 29.6 Å². The number of benzene rings is 1. The summed E-state index contributed by atoms with van der Waals surface area (Å²) in [6.45, 7) is 0.544. The van der Waals surface area contributed by atoms with E-state index in [9.17, 15) is 18.8 Å². The Bertz CT molecular complexity index is 1020. The van der Waals surface area contributed by atoms with Crippen LogP contribution in [0.2, 0.25) is 0 Å². The van der Waals surface area contributed by atoms with Crippen LogP contribution in [0.3, 0.4) is 0 Å². The number of halogens is 1. The van der Waals surface area contributed by atoms with Gasteiger partial charge in [0.15, 0.2) is 0 Å². The van der Waals surface area contributed by atoms with Gasteiger partial charge in [-0.2, -0.15) is 0 Å². The summed E-state index contributed by atoms with van der Waals surface area (Å²) in [5.41, 5.74) is 1.49. The standard InChI is InChI=1S/C23H27FN4O3S/c1-27(2)23(31)20(29)26-18-9-10-28(22(30)14-5-3-6-14)19(18)12-17-13-32-21(25-17)15-7-4-8-16(24)11-15/h4,7-8,11,13-14,18-19H,3,5-6,9-10,12H2,1-2H3,(H,26,29)/t18-,19-/m0/s1. The summed E-state index contributed by atoms with van der Waals surface area (Å²) in [6.07, 6.45) is 3.93. The predicted molar refractivity (Wildman–Crippen MR) is 119 cm³/mol. The molecule has 1 aromatic carbocycles. The van der Waals surface area contributed by atoms with E-state index in [4.69, 9.17) is 0 Å². The van der Waals surface area contributed by atoms with Crippen molar-refractivity contribution < 1.29 is 18.8 Å². The van der Waals surface area contributed by atoms with E-state index in [1.807, 2.05) is 16.3 Å². The molecule has 1 aliphatic heterocycles. The van der Waals surface area contributed by atoms with Gasteiger partial charge in [-0.25, -0.2) is 9.37 Å². The van der Waals surface area contributed by atoms with Crippen molar-refractivity contribution in [3.63, 3.8) is 0 Å². The molecule has 2 fully saturated rings. The Morgan fingerprint density at radius 2 is 2.03 bits per heavy atom. The third-order valence-electron chi connectivity index (χ3n) is 6.24. The number of rotatable bonds is 5. The van der Waals surface area contributed by atoms with Gasteiger partial charge in [-0.05, 0) is 31.4 Å². The number of amides is 3. The van der Waals surface area contributed by atoms with Crippen LogP contribution in [0.4, 0.5) is 4.39 Å². The first-order valence-electron chi connectivity index (χ1n) is 10.9. The topological polar surface area (TPSA) is 82.6 Å². The minimum absolute atomic E-state index is 0.0497. The Morgan fingerprint density at radius 3 is 2.69 bits per heavy atom. The Labute approximate surface area is 190 Å². The monoisotopic (exact) mass is 458 g/mol. The molecule has 2 heterocycles. The van der Waals surface area contributed by atoms with Crippen molar-refractivity contribution >= 4 is 29.1 Å². The number of nitrogens with zero attached hydrogens (tertiary/aromatic N) is 3. The molecule has 4 rings (SSSR count). The summed E-state index contributed by atoms with van der Waals surface area (Å²) in [5, 5.41) is 5.46. The molecule has 3 amide bonds. The van der Waals surface area contributed by atoms with Crippen LogP contribution in [0.25, 0.3) is 10.6 Å². The molecule has 2 aliphatic rings. The van der Waals surface area contributed by atoms with E-state index < -0.39 is 11.8 Å². The molecule has 0 bridgehead atoms. The quantitative estimate of drug-likeness (QED) is 0.698. The average molecular weight is 459 g/mol. The lowest BCUT2D eigenvalue weighted by Gasteiger charge is -2.34. The highest BCUT2D eigenvalue weighted by molar-refractivity contribution is 7.13. The van der Waals surface area contributed by atoms with Crippen LogP contribution in [0.5, 0.6) is 0 Å². The predicted octanol–water partition coefficient (Wildman–Crippen LogP) is 2.47. The first-order chi connectivity index (χ1) is 15.3. The Morgan fingerprint density at radius 1 is 1.25 bits per heavy atom. The number of hydrogen-bond acceptors (Lipinski definition) is 5. The van der Waals surface area contributed by atoms with E-state index in [1.54, 1.807) is 6.07 Å². The van der Waals surface area contributed by atoms with E-state index in [2.05, 4.69) is 10.3 Å². The molecule has 1 saturated heterocycles. The summed E-state index contributed by atoms with van der Waals surface area (Å²) < 4.78 is 13.6. The van der Waals surface area contributed by atoms with Crippen molar-refractivity contribution in [2.75, 3.05) is 20.6 Å². The number of hydrogen-bond donors (Lipinski definition) is 1. The highest BCUT2D eigenvalue weighted by atomic mass is 32.1. The summed E-state index contributed by atoms with van der Waals surface area (Å²) in [7, 11) is 3.06. The van der Waals surface area contributed by atoms with Gasteiger partial charge >= 0.3 is 11.8 Å². The zero-order valence-electron chi connectivity index (χ0n) is 18.2. The molecule has 170 valence electrons. The summed E-state index contributed by atoms with van der Waals surface area (Å²) in [6, 6.07) is 5.70. The van der Waals surface area contributed by atoms with E-state index in [0.717, 1.165) is 25.0 Å². The highest BCUT2D eigenvalue weighted by Crippen LogP contribution is 2.33. The second kappa shape index (κ2) is 9.36. The van der Waals surface area contributed by atoms with Crippen LogP contribution in [-0.4, -0.2) is 65.2 Å². The number of aromatic nitrogens is 1. The maximum Gasteiger partial charge on any atom is 0.311 e. The molecule has 1 saturated carbocycles. The number of likely N-dealkylation sites (tertiary alicyclic amines) is 1. The van der Waals surface area contributed by atoms with Gasteiger partial charge in [-0.15, -0.1) is 11.3 Å². The molecule has 0 spiro atoms. The largest absolute Gasteiger partial charge is 0.343 e. The van der Waals surface area contributed by atoms with Gasteiger partial charge < -0.3 is 15.1 Å². The van der Waals surface area contributed by atoms with Gasteiger partial charge in [-0.1, -0.05) is 18.6 Å². The molecule has 1 aliphatic carbocycles. The fraction of sp³-hybridized carbons (Fsp3) is 0.478. The van der Waals surface area contributed by atoms with Crippen molar-refractivity contribution in [2.45, 2.75) is 44.2 Å². The van der Waals surface area contributed by atoms with Crippen LogP contribution in [0.1, 0.15) is 31.4 Å². The normalized spacial score (nSPS) is 20.7. The maximum absolute atomic E-state index is 13.6. The fourth-order valence-corrected chi connectivity index (χ4v) is 5.07. The highest BCUT2D eigenvalue weighted by Gasteiger charge is 2.42. The molecular weight excluding hydrogens is 431 g/mol. The Kier molecular flexibility index (Phi) is 6.55. The molecule has 0 unspecified atom stereocenters. The number of carbonyl (C=O) groups excluding carboxylic acids is 3. The molecule has 7 nitrogen and oxygen atoms in total. The molecular formula is C23H27FN4O3S. The second-order valence-electron chi connectivity index (χ2n) is 8.65. The van der Waals surface area contributed by atoms with Crippen LogP contribution < -0.4 is 5.32 Å². The Hall–Kier alpha value is -2.81. The van der Waals surface area contributed by atoms with Gasteiger partial charge in [0, 0.05) is 43.9 Å². The first-order valence-corrected chi connectivity index (χ1v) is 11.7. The smallest absolute Gasteiger partial charge is 0.311 e. The minimum Gasteiger partial charge on any atom is -0.343 e. The fourth-order valence-electron chi connectivity index (χ4n) is 4.24. The molecule has 2 aromatic rings. The van der Waals surface area contributed by atoms with Crippen LogP contribution in [-0.2, 0) is 20.8 Å². The first kappa shape index (κ1) is 22.4. The third kappa shape index (κ3) is 4.67. The van der Waals surface area contributed by atoms with Crippen molar-refractivity contribution in [1.29, 1.82) is 0 Å². The van der Waals surface area contributed by atoms with Gasteiger partial charge in [0.1, 0.15) is 10.8 Å². The Balaban J connectivity index is 1.53. The van der Waals surface area contributed by atoms with E-state index in [-0.39, 0.29) is 29.7 Å². The van der Waals surface area contributed by atoms with E-state index >= 15 is 0 Å². The van der Waals surface area contributed by atoms with Crippen molar-refractivity contribution in [3.8, 4) is 10.6 Å². The lowest BCUT2D eigenvalue weighted by Crippen LogP contribution is -2.52. The minimum atomic E-state index is -0.665. The number of likely N-dealkylation sites (N-methyl/N-ethyl adjacent to an activating group) is 1. The number of carbonyl (C=O) groups is 3. The summed E-state index contributed by atoms with van der Waals surface area (Å²) >= 11 is 1.42. The molecule has 32 heavy (non-hydrogen) atoms. The molecule has 2 atom stereocenters. The van der Waals surface area contributed by atoms with Crippen LogP contribution >= 0.6 is 11.3 Å². The van der Waals surface area contributed by atoms with Crippen molar-refractivity contribution in [2.24, 2.45) is 5.92 Å². The summed E-state index contributed by atoms with van der Waals surface area (Å²) in [5.74, 6) is -1.43. The van der Waals surface area contributed by atoms with Gasteiger partial charge in [0.05, 0.1) is 17.8 Å². The molecule has 0 radical (unpaired) electrons. The SMILES string of the molecule is CN(C)C(=O)C(=O)N[C@H]1CCN(C(=O)C2CCC2)[C@H]1Cc1csc(-c2cccc(F)c2)n1. The number of thiazole rings is 1. The van der Waals surface area contributed by atoms with Gasteiger partial charge in [-0.3, -0.25) is 14.4 Å². The van der Waals surface area contributed by atoms with Crippen molar-refractivity contribution in [3.05, 3.63) is 41.2 Å². The van der Waals surface area contributed by atoms with Crippen molar-refractivity contribution in [1.82, 2.24) is 20.1 Å². The zero-order valence-corrected chi connectivity index (χ0v) is 19.0. The average Bonchev–Trinajstić information content (AvgIpc) is 3.34. The molecule has 1 N–H and O–H groups in total. The number of nitrogens with one attached hydrogen (secondary N) is 1. The summed E-state index contributed by atoms with van der Waals surface area (Å²) in [4.78, 5) is 45.2. The molecule has 9 heteroatoms. The van der Waals surface area contributed by atoms with E-state index in [1.165, 1.54) is 42.5 Å².